The monoisotopic (exact) mass is 462 g/mol. The minimum Gasteiger partial charge on any atom is -0.404 e. The third-order valence-corrected chi connectivity index (χ3v) is 12.0. The third kappa shape index (κ3) is 4.27. The highest BCUT2D eigenvalue weighted by Gasteiger charge is 2.49. The molecule has 0 amide bonds. The predicted molar refractivity (Wildman–Crippen MR) is 137 cm³/mol. The molecule has 2 heterocycles. The highest BCUT2D eigenvalue weighted by Crippen LogP contribution is 2.37. The molecule has 0 saturated heterocycles. The van der Waals surface area contributed by atoms with Crippen LogP contribution in [0.5, 0.6) is 0 Å². The molecule has 0 aliphatic carbocycles. The van der Waals surface area contributed by atoms with Crippen LogP contribution in [-0.2, 0) is 10.2 Å². The van der Waals surface area contributed by atoms with E-state index in [2.05, 4.69) is 97.5 Å². The number of hydrogen-bond donors (Lipinski definition) is 1. The van der Waals surface area contributed by atoms with Gasteiger partial charge in [-0.3, -0.25) is 4.79 Å². The van der Waals surface area contributed by atoms with Gasteiger partial charge in [0.25, 0.3) is 13.9 Å². The molecule has 0 spiro atoms. The van der Waals surface area contributed by atoms with Crippen LogP contribution in [0.4, 0.5) is 0 Å². The predicted octanol–water partition coefficient (Wildman–Crippen LogP) is 4.29. The Hall–Kier alpha value is -2.41. The van der Waals surface area contributed by atoms with Gasteiger partial charge in [0.05, 0.1) is 17.9 Å². The fraction of sp³-hybridized carbons (Fsp3) is 0.308. The van der Waals surface area contributed by atoms with Crippen molar-refractivity contribution >= 4 is 36.0 Å². The summed E-state index contributed by atoms with van der Waals surface area (Å²) < 4.78 is 6.98. The summed E-state index contributed by atoms with van der Waals surface area (Å²) in [6.45, 7) is 9.16. The Kier molecular flexibility index (Phi) is 6.56. The van der Waals surface area contributed by atoms with Gasteiger partial charge < -0.3 is 9.41 Å². The lowest BCUT2D eigenvalue weighted by molar-refractivity contribution is 0.339. The number of aromatic nitrogens is 2. The van der Waals surface area contributed by atoms with Crippen LogP contribution in [0.2, 0.25) is 5.04 Å². The van der Waals surface area contributed by atoms with Gasteiger partial charge in [-0.15, -0.1) is 0 Å². The van der Waals surface area contributed by atoms with Crippen molar-refractivity contribution in [3.05, 3.63) is 94.2 Å². The van der Waals surface area contributed by atoms with Crippen LogP contribution in [0.15, 0.2) is 71.5 Å². The fourth-order valence-electron chi connectivity index (χ4n) is 4.53. The first-order valence-electron chi connectivity index (χ1n) is 10.9. The molecule has 2 aromatic carbocycles. The van der Waals surface area contributed by atoms with Crippen LogP contribution < -0.4 is 15.9 Å². The number of nitrogens with one attached hydrogen (secondary N) is 1. The van der Waals surface area contributed by atoms with E-state index in [9.17, 15) is 4.79 Å². The number of aryl methyl sites for hydroxylation is 1. The van der Waals surface area contributed by atoms with E-state index in [-0.39, 0.29) is 10.6 Å². The van der Waals surface area contributed by atoms with Crippen molar-refractivity contribution in [1.82, 2.24) is 9.97 Å². The Balaban J connectivity index is 1.76. The van der Waals surface area contributed by atoms with E-state index < -0.39 is 8.32 Å². The maximum absolute atomic E-state index is 12.4. The van der Waals surface area contributed by atoms with E-state index in [1.807, 2.05) is 6.92 Å². The van der Waals surface area contributed by atoms with Crippen molar-refractivity contribution < 1.29 is 4.43 Å². The Morgan fingerprint density at radius 3 is 2.19 bits per heavy atom. The Labute approximate surface area is 195 Å². The van der Waals surface area contributed by atoms with E-state index >= 15 is 0 Å². The standard InChI is InChI=1S/C26H30N2O2SSi/c1-19-27-24-20(17-31-18-23(24)25(29)28-19)15-16-30-32(26(2,3)4,21-11-7-5-8-12-21)22-13-9-6-10-14-22/h5-15H,16-18H2,1-4H3,(H,27,28,29). The molecule has 4 nitrogen and oxygen atoms in total. The van der Waals surface area contributed by atoms with E-state index in [4.69, 9.17) is 4.43 Å². The normalized spacial score (nSPS) is 15.6. The summed E-state index contributed by atoms with van der Waals surface area (Å²) in [5.41, 5.74) is 2.65. The summed E-state index contributed by atoms with van der Waals surface area (Å²) in [5, 5.41) is 2.46. The zero-order valence-electron chi connectivity index (χ0n) is 19.1. The van der Waals surface area contributed by atoms with Gasteiger partial charge in [-0.05, 0) is 27.9 Å². The first-order chi connectivity index (χ1) is 15.3. The second-order valence-corrected chi connectivity index (χ2v) is 14.5. The van der Waals surface area contributed by atoms with Crippen LogP contribution in [0.1, 0.15) is 37.9 Å². The molecule has 6 heteroatoms. The number of benzene rings is 2. The summed E-state index contributed by atoms with van der Waals surface area (Å²) in [6, 6.07) is 21.3. The molecular formula is C26H30N2O2SSi. The van der Waals surface area contributed by atoms with Crippen molar-refractivity contribution in [3.63, 3.8) is 0 Å². The minimum atomic E-state index is -2.59. The summed E-state index contributed by atoms with van der Waals surface area (Å²) in [6.07, 6.45) is 2.14. The smallest absolute Gasteiger partial charge is 0.261 e. The van der Waals surface area contributed by atoms with Gasteiger partial charge >= 0.3 is 0 Å². The van der Waals surface area contributed by atoms with E-state index in [0.29, 0.717) is 18.2 Å². The van der Waals surface area contributed by atoms with Crippen LogP contribution in [-0.4, -0.2) is 30.6 Å². The van der Waals surface area contributed by atoms with Crippen LogP contribution in [0, 0.1) is 6.92 Å². The van der Waals surface area contributed by atoms with Crippen molar-refractivity contribution in [2.24, 2.45) is 0 Å². The molecule has 0 unspecified atom stereocenters. The average molecular weight is 463 g/mol. The van der Waals surface area contributed by atoms with E-state index in [1.165, 1.54) is 10.4 Å². The Morgan fingerprint density at radius 1 is 1.03 bits per heavy atom. The number of fused-ring (bicyclic) bond motifs is 1. The number of aromatic amines is 1. The molecule has 0 radical (unpaired) electrons. The second-order valence-electron chi connectivity index (χ2n) is 9.17. The minimum absolute atomic E-state index is 0.0292. The van der Waals surface area contributed by atoms with Gasteiger partial charge in [0.1, 0.15) is 5.82 Å². The molecule has 4 rings (SSSR count). The van der Waals surface area contributed by atoms with Crippen molar-refractivity contribution in [3.8, 4) is 0 Å². The summed E-state index contributed by atoms with van der Waals surface area (Å²) >= 11 is 1.75. The third-order valence-electron chi connectivity index (χ3n) is 5.99. The molecule has 1 N–H and O–H groups in total. The molecule has 0 saturated carbocycles. The molecule has 3 aromatic rings. The second kappa shape index (κ2) is 9.22. The lowest BCUT2D eigenvalue weighted by atomic mass is 10.1. The van der Waals surface area contributed by atoms with Gasteiger partial charge in [0, 0.05) is 11.5 Å². The summed E-state index contributed by atoms with van der Waals surface area (Å²) in [7, 11) is -2.59. The SMILES string of the molecule is Cc1nc2c(c(=O)[nH]1)CSCC2=CCO[Si](c1ccccc1)(c1ccccc1)C(C)(C)C. The molecule has 1 aliphatic rings. The molecule has 1 aromatic heterocycles. The van der Waals surface area contributed by atoms with Crippen LogP contribution >= 0.6 is 11.8 Å². The zero-order chi connectivity index (χ0) is 22.8. The zero-order valence-corrected chi connectivity index (χ0v) is 21.0. The Bertz CT molecular complexity index is 1130. The highest BCUT2D eigenvalue weighted by molar-refractivity contribution is 7.99. The molecule has 0 bridgehead atoms. The van der Waals surface area contributed by atoms with Crippen molar-refractivity contribution in [2.45, 2.75) is 38.5 Å². The largest absolute Gasteiger partial charge is 0.404 e. The number of nitrogens with zero attached hydrogens (tertiary/aromatic N) is 1. The number of hydrogen-bond acceptors (Lipinski definition) is 4. The molecule has 1 aliphatic heterocycles. The van der Waals surface area contributed by atoms with E-state index in [0.717, 1.165) is 22.6 Å². The first kappa shape index (κ1) is 22.8. The van der Waals surface area contributed by atoms with E-state index in [1.54, 1.807) is 11.8 Å². The van der Waals surface area contributed by atoms with Gasteiger partial charge in [-0.25, -0.2) is 4.98 Å². The summed E-state index contributed by atoms with van der Waals surface area (Å²) in [5.74, 6) is 2.19. The lowest BCUT2D eigenvalue weighted by Gasteiger charge is -2.42. The maximum atomic E-state index is 12.4. The molecular weight excluding hydrogens is 432 g/mol. The van der Waals surface area contributed by atoms with Gasteiger partial charge in [-0.2, -0.15) is 11.8 Å². The first-order valence-corrected chi connectivity index (χ1v) is 14.0. The molecule has 0 fully saturated rings. The van der Waals surface area contributed by atoms with Crippen molar-refractivity contribution in [1.29, 1.82) is 0 Å². The van der Waals surface area contributed by atoms with Crippen LogP contribution in [0.3, 0.4) is 0 Å². The van der Waals surface area contributed by atoms with Crippen molar-refractivity contribution in [2.75, 3.05) is 12.4 Å². The average Bonchev–Trinajstić information content (AvgIpc) is 2.77. The molecule has 32 heavy (non-hydrogen) atoms. The number of thioether (sulfide) groups is 1. The lowest BCUT2D eigenvalue weighted by Crippen LogP contribution is -2.66. The number of rotatable bonds is 5. The molecule has 166 valence electrons. The van der Waals surface area contributed by atoms with Crippen LogP contribution in [0.25, 0.3) is 5.57 Å². The van der Waals surface area contributed by atoms with Gasteiger partial charge in [0.2, 0.25) is 0 Å². The summed E-state index contributed by atoms with van der Waals surface area (Å²) in [4.78, 5) is 19.9. The maximum Gasteiger partial charge on any atom is 0.261 e. The van der Waals surface area contributed by atoms with Gasteiger partial charge in [-0.1, -0.05) is 87.5 Å². The quantitative estimate of drug-likeness (QED) is 0.575. The molecule has 0 atom stereocenters. The van der Waals surface area contributed by atoms with Gasteiger partial charge in [0.15, 0.2) is 0 Å². The topological polar surface area (TPSA) is 55.0 Å². The fourth-order valence-corrected chi connectivity index (χ4v) is 10.1. The highest BCUT2D eigenvalue weighted by atomic mass is 32.2. The number of H-pyrrole nitrogens is 1. The Morgan fingerprint density at radius 2 is 1.62 bits per heavy atom.